The number of carbonyl (C=O) groups is 1. The molecule has 0 spiro atoms. The zero-order chi connectivity index (χ0) is 21.0. The van der Waals surface area contributed by atoms with Gasteiger partial charge in [-0.05, 0) is 43.2 Å². The topological polar surface area (TPSA) is 85.2 Å². The van der Waals surface area contributed by atoms with Gasteiger partial charge in [0, 0.05) is 31.5 Å². The summed E-state index contributed by atoms with van der Waals surface area (Å²) in [5, 5.41) is 10.8. The van der Waals surface area contributed by atoms with E-state index in [1.54, 1.807) is 24.2 Å². The first-order valence-corrected chi connectivity index (χ1v) is 10.0. The van der Waals surface area contributed by atoms with Gasteiger partial charge in [-0.15, -0.1) is 5.10 Å². The quantitative estimate of drug-likeness (QED) is 0.615. The largest absolute Gasteiger partial charge is 0.497 e. The number of aromatic nitrogens is 4. The first-order chi connectivity index (χ1) is 14.6. The summed E-state index contributed by atoms with van der Waals surface area (Å²) < 4.78 is 7.06. The van der Waals surface area contributed by atoms with E-state index in [1.165, 1.54) is 0 Å². The van der Waals surface area contributed by atoms with E-state index in [-0.39, 0.29) is 5.91 Å². The molecule has 8 nitrogen and oxygen atoms in total. The lowest BCUT2D eigenvalue weighted by Gasteiger charge is -2.49. The van der Waals surface area contributed by atoms with Crippen LogP contribution in [-0.2, 0) is 17.8 Å². The molecule has 0 aliphatic carbocycles. The summed E-state index contributed by atoms with van der Waals surface area (Å²) in [6.07, 6.45) is 4.05. The minimum atomic E-state index is -0.514. The third-order valence-corrected chi connectivity index (χ3v) is 5.44. The van der Waals surface area contributed by atoms with Gasteiger partial charge in [-0.1, -0.05) is 23.4 Å². The van der Waals surface area contributed by atoms with Crippen molar-refractivity contribution in [2.75, 3.05) is 31.6 Å². The van der Waals surface area contributed by atoms with Gasteiger partial charge in [0.15, 0.2) is 0 Å². The number of anilines is 1. The smallest absolute Gasteiger partial charge is 0.230 e. The molecule has 8 heteroatoms. The van der Waals surface area contributed by atoms with E-state index >= 15 is 0 Å². The fraction of sp³-hybridized carbons (Fsp3) is 0.364. The number of ether oxygens (including phenoxy) is 1. The van der Waals surface area contributed by atoms with Crippen LogP contribution >= 0.6 is 0 Å². The normalized spacial score (nSPS) is 14.8. The number of hydrogen-bond acceptors (Lipinski definition) is 6. The van der Waals surface area contributed by atoms with Crippen LogP contribution in [0.25, 0.3) is 0 Å². The molecule has 1 aromatic carbocycles. The maximum absolute atomic E-state index is 13.2. The molecule has 3 heterocycles. The molecular weight excluding hydrogens is 380 g/mol. The SMILES string of the molecule is COc1cccc(CC2(C(=O)NCCn3ccnn3)CN(c3cccc(C)n3)C2)c1. The third-order valence-electron chi connectivity index (χ3n) is 5.44. The summed E-state index contributed by atoms with van der Waals surface area (Å²) in [4.78, 5) is 20.0. The number of aryl methyl sites for hydroxylation is 1. The number of amides is 1. The maximum Gasteiger partial charge on any atom is 0.230 e. The van der Waals surface area contributed by atoms with Crippen LogP contribution in [0.1, 0.15) is 11.3 Å². The predicted molar refractivity (Wildman–Crippen MR) is 113 cm³/mol. The van der Waals surface area contributed by atoms with E-state index in [0.29, 0.717) is 32.6 Å². The number of nitrogens with one attached hydrogen (secondary N) is 1. The first-order valence-electron chi connectivity index (χ1n) is 10.0. The fourth-order valence-electron chi connectivity index (χ4n) is 3.88. The number of nitrogens with zero attached hydrogens (tertiary/aromatic N) is 5. The van der Waals surface area contributed by atoms with Gasteiger partial charge >= 0.3 is 0 Å². The van der Waals surface area contributed by atoms with Crippen molar-refractivity contribution >= 4 is 11.7 Å². The molecule has 1 N–H and O–H groups in total. The van der Waals surface area contributed by atoms with Crippen molar-refractivity contribution < 1.29 is 9.53 Å². The Hall–Kier alpha value is -3.42. The Morgan fingerprint density at radius 2 is 2.07 bits per heavy atom. The van der Waals surface area contributed by atoms with Crippen LogP contribution in [0, 0.1) is 12.3 Å². The molecule has 0 unspecified atom stereocenters. The van der Waals surface area contributed by atoms with Gasteiger partial charge in [-0.25, -0.2) is 4.98 Å². The van der Waals surface area contributed by atoms with Crippen LogP contribution in [0.15, 0.2) is 54.9 Å². The lowest BCUT2D eigenvalue weighted by molar-refractivity contribution is -0.132. The summed E-state index contributed by atoms with van der Waals surface area (Å²) >= 11 is 0. The lowest BCUT2D eigenvalue weighted by Crippen LogP contribution is -2.65. The molecule has 0 bridgehead atoms. The number of rotatable bonds is 8. The van der Waals surface area contributed by atoms with E-state index < -0.39 is 5.41 Å². The van der Waals surface area contributed by atoms with Gasteiger partial charge in [0.05, 0.1) is 25.3 Å². The van der Waals surface area contributed by atoms with Gasteiger partial charge in [-0.2, -0.15) is 0 Å². The second-order valence-electron chi connectivity index (χ2n) is 7.72. The van der Waals surface area contributed by atoms with E-state index in [1.807, 2.05) is 49.4 Å². The average molecular weight is 406 g/mol. The van der Waals surface area contributed by atoms with Gasteiger partial charge in [0.2, 0.25) is 5.91 Å². The molecule has 1 amide bonds. The van der Waals surface area contributed by atoms with Gasteiger partial charge in [0.1, 0.15) is 11.6 Å². The van der Waals surface area contributed by atoms with Crippen LogP contribution < -0.4 is 15.0 Å². The minimum Gasteiger partial charge on any atom is -0.497 e. The van der Waals surface area contributed by atoms with Crippen molar-refractivity contribution in [1.82, 2.24) is 25.3 Å². The Morgan fingerprint density at radius 1 is 1.23 bits per heavy atom. The second kappa shape index (κ2) is 8.52. The number of benzene rings is 1. The Labute approximate surface area is 175 Å². The number of pyridine rings is 1. The summed E-state index contributed by atoms with van der Waals surface area (Å²) in [5.74, 6) is 1.76. The monoisotopic (exact) mass is 406 g/mol. The zero-order valence-corrected chi connectivity index (χ0v) is 17.3. The van der Waals surface area contributed by atoms with E-state index in [9.17, 15) is 4.79 Å². The highest BCUT2D eigenvalue weighted by molar-refractivity contribution is 5.86. The predicted octanol–water partition coefficient (Wildman–Crippen LogP) is 1.86. The van der Waals surface area contributed by atoms with Crippen LogP contribution in [0.4, 0.5) is 5.82 Å². The Balaban J connectivity index is 1.48. The fourth-order valence-corrected chi connectivity index (χ4v) is 3.88. The van der Waals surface area contributed by atoms with E-state index in [4.69, 9.17) is 4.74 Å². The van der Waals surface area contributed by atoms with Crippen LogP contribution in [0.5, 0.6) is 5.75 Å². The van der Waals surface area contributed by atoms with Crippen molar-refractivity contribution in [2.24, 2.45) is 5.41 Å². The highest BCUT2D eigenvalue weighted by Gasteiger charge is 2.49. The molecule has 1 saturated heterocycles. The molecular formula is C22H26N6O2. The molecule has 1 fully saturated rings. The molecule has 1 aliphatic heterocycles. The molecule has 0 radical (unpaired) electrons. The van der Waals surface area contributed by atoms with E-state index in [2.05, 4.69) is 25.5 Å². The minimum absolute atomic E-state index is 0.0503. The molecule has 0 saturated carbocycles. The number of hydrogen-bond donors (Lipinski definition) is 1. The molecule has 1 aliphatic rings. The van der Waals surface area contributed by atoms with Gasteiger partial charge in [0.25, 0.3) is 0 Å². The molecule has 30 heavy (non-hydrogen) atoms. The molecule has 0 atom stereocenters. The van der Waals surface area contributed by atoms with Crippen LogP contribution in [0.3, 0.4) is 0 Å². The number of carbonyl (C=O) groups excluding carboxylic acids is 1. The Bertz CT molecular complexity index is 998. The molecule has 156 valence electrons. The molecule has 3 aromatic rings. The summed E-state index contributed by atoms with van der Waals surface area (Å²) in [6.45, 7) is 4.31. The van der Waals surface area contributed by atoms with Crippen LogP contribution in [0.2, 0.25) is 0 Å². The van der Waals surface area contributed by atoms with Crippen molar-refractivity contribution in [1.29, 1.82) is 0 Å². The highest BCUT2D eigenvalue weighted by Crippen LogP contribution is 2.37. The first kappa shape index (κ1) is 19.9. The highest BCUT2D eigenvalue weighted by atomic mass is 16.5. The van der Waals surface area contributed by atoms with Gasteiger partial charge < -0.3 is 15.0 Å². The van der Waals surface area contributed by atoms with Crippen molar-refractivity contribution in [2.45, 2.75) is 19.9 Å². The standard InChI is InChI=1S/C22H26N6O2/c1-17-5-3-8-20(25-17)27-15-22(16-27,14-18-6-4-7-19(13-18)30-2)21(29)23-9-11-28-12-10-24-26-28/h3-8,10,12-13H,9,11,14-16H2,1-2H3,(H,23,29). The van der Waals surface area contributed by atoms with Crippen molar-refractivity contribution in [3.05, 3.63) is 66.1 Å². The van der Waals surface area contributed by atoms with Gasteiger partial charge in [-0.3, -0.25) is 9.48 Å². The summed E-state index contributed by atoms with van der Waals surface area (Å²) in [5.41, 5.74) is 1.54. The second-order valence-corrected chi connectivity index (χ2v) is 7.72. The Kier molecular flexibility index (Phi) is 5.65. The third kappa shape index (κ3) is 4.27. The maximum atomic E-state index is 13.2. The summed E-state index contributed by atoms with van der Waals surface area (Å²) in [6, 6.07) is 13.9. The summed E-state index contributed by atoms with van der Waals surface area (Å²) in [7, 11) is 1.65. The zero-order valence-electron chi connectivity index (χ0n) is 17.3. The lowest BCUT2D eigenvalue weighted by atomic mass is 9.73. The van der Waals surface area contributed by atoms with Crippen molar-refractivity contribution in [3.63, 3.8) is 0 Å². The van der Waals surface area contributed by atoms with Crippen molar-refractivity contribution in [3.8, 4) is 5.75 Å². The van der Waals surface area contributed by atoms with E-state index in [0.717, 1.165) is 22.8 Å². The number of methoxy groups -OCH3 is 1. The molecule has 4 rings (SSSR count). The Morgan fingerprint density at radius 3 is 2.80 bits per heavy atom. The van der Waals surface area contributed by atoms with Crippen LogP contribution in [-0.4, -0.2) is 52.6 Å². The average Bonchev–Trinajstić information content (AvgIpc) is 3.24. The molecule has 2 aromatic heterocycles.